The summed E-state index contributed by atoms with van der Waals surface area (Å²) in [4.78, 5) is 0. The number of oxime groups is 1. The second-order valence-electron chi connectivity index (χ2n) is 4.39. The lowest BCUT2D eigenvalue weighted by Crippen LogP contribution is -2.18. The molecule has 0 spiro atoms. The second kappa shape index (κ2) is 4.95. The van der Waals surface area contributed by atoms with Crippen molar-refractivity contribution in [2.45, 2.75) is 26.4 Å². The Kier molecular flexibility index (Phi) is 3.36. The normalized spacial score (nSPS) is 12.3. The minimum atomic E-state index is 0.100. The van der Waals surface area contributed by atoms with Crippen molar-refractivity contribution in [1.82, 2.24) is 14.3 Å². The van der Waals surface area contributed by atoms with Crippen LogP contribution in [0.25, 0.3) is 0 Å². The Morgan fingerprint density at radius 3 is 2.83 bits per heavy atom. The number of rotatable bonds is 4. The monoisotopic (exact) mass is 247 g/mol. The maximum atomic E-state index is 8.70. The molecule has 2 aromatic rings. The molecule has 6 nitrogen and oxygen atoms in total. The summed E-state index contributed by atoms with van der Waals surface area (Å²) >= 11 is 0. The van der Waals surface area contributed by atoms with Crippen molar-refractivity contribution in [3.8, 4) is 0 Å². The van der Waals surface area contributed by atoms with E-state index in [-0.39, 0.29) is 5.84 Å². The molecule has 0 amide bonds. The third kappa shape index (κ3) is 2.37. The van der Waals surface area contributed by atoms with Crippen molar-refractivity contribution in [1.29, 1.82) is 0 Å². The predicted octanol–water partition coefficient (Wildman–Crippen LogP) is 1.41. The summed E-state index contributed by atoms with van der Waals surface area (Å²) in [6.45, 7) is 4.75. The molecule has 0 unspecified atom stereocenters. The van der Waals surface area contributed by atoms with Gasteiger partial charge in [-0.25, -0.2) is 0 Å². The second-order valence-corrected chi connectivity index (χ2v) is 4.39. The first-order chi connectivity index (χ1) is 8.61. The van der Waals surface area contributed by atoms with Crippen LogP contribution in [-0.2, 0) is 6.54 Å². The van der Waals surface area contributed by atoms with Crippen LogP contribution in [0.4, 0.5) is 0 Å². The first-order valence-electron chi connectivity index (χ1n) is 5.79. The lowest BCUT2D eigenvalue weighted by atomic mass is 10.3. The quantitative estimate of drug-likeness (QED) is 0.371. The van der Waals surface area contributed by atoms with Gasteiger partial charge in [0.1, 0.15) is 0 Å². The summed E-state index contributed by atoms with van der Waals surface area (Å²) in [5.41, 5.74) is 7.21. The zero-order chi connectivity index (χ0) is 13.1. The van der Waals surface area contributed by atoms with Gasteiger partial charge in [0, 0.05) is 18.4 Å². The van der Waals surface area contributed by atoms with E-state index < -0.39 is 0 Å². The highest BCUT2D eigenvalue weighted by Gasteiger charge is 2.08. The molecular formula is C12H17N5O. The fourth-order valence-corrected chi connectivity index (χ4v) is 1.76. The summed E-state index contributed by atoms with van der Waals surface area (Å²) in [5, 5.41) is 16.2. The van der Waals surface area contributed by atoms with Gasteiger partial charge in [0.2, 0.25) is 0 Å². The lowest BCUT2D eigenvalue weighted by Gasteiger charge is -2.07. The van der Waals surface area contributed by atoms with Crippen molar-refractivity contribution >= 4 is 5.84 Å². The summed E-state index contributed by atoms with van der Waals surface area (Å²) in [6.07, 6.45) is 3.83. The van der Waals surface area contributed by atoms with Gasteiger partial charge in [-0.15, -0.1) is 0 Å². The molecule has 0 atom stereocenters. The van der Waals surface area contributed by atoms with E-state index in [1.807, 2.05) is 33.8 Å². The van der Waals surface area contributed by atoms with E-state index in [1.165, 1.54) is 0 Å². The molecule has 6 heteroatoms. The van der Waals surface area contributed by atoms with Crippen LogP contribution in [-0.4, -0.2) is 25.4 Å². The van der Waals surface area contributed by atoms with E-state index in [0.717, 1.165) is 5.69 Å². The van der Waals surface area contributed by atoms with Gasteiger partial charge in [-0.1, -0.05) is 5.16 Å². The molecule has 2 aromatic heterocycles. The Labute approximate surface area is 105 Å². The molecule has 0 fully saturated rings. The van der Waals surface area contributed by atoms with Crippen LogP contribution in [0.2, 0.25) is 0 Å². The van der Waals surface area contributed by atoms with Crippen molar-refractivity contribution in [2.24, 2.45) is 10.9 Å². The molecule has 18 heavy (non-hydrogen) atoms. The minimum Gasteiger partial charge on any atom is -0.409 e. The zero-order valence-electron chi connectivity index (χ0n) is 10.5. The first-order valence-corrected chi connectivity index (χ1v) is 5.79. The van der Waals surface area contributed by atoms with Crippen LogP contribution in [0, 0.1) is 0 Å². The Morgan fingerprint density at radius 1 is 1.44 bits per heavy atom. The SMILES string of the molecule is CC(C)n1ccc(Cn2cccc2/C(N)=N/O)n1. The fourth-order valence-electron chi connectivity index (χ4n) is 1.76. The van der Waals surface area contributed by atoms with Gasteiger partial charge < -0.3 is 15.5 Å². The van der Waals surface area contributed by atoms with Crippen LogP contribution >= 0.6 is 0 Å². The number of hydrogen-bond donors (Lipinski definition) is 2. The molecule has 0 saturated carbocycles. The Hall–Kier alpha value is -2.24. The molecule has 0 radical (unpaired) electrons. The van der Waals surface area contributed by atoms with Crippen LogP contribution in [0.5, 0.6) is 0 Å². The highest BCUT2D eigenvalue weighted by Crippen LogP contribution is 2.08. The highest BCUT2D eigenvalue weighted by molar-refractivity contribution is 5.95. The molecule has 96 valence electrons. The number of nitrogens with two attached hydrogens (primary N) is 1. The van der Waals surface area contributed by atoms with Gasteiger partial charge in [-0.2, -0.15) is 5.10 Å². The average Bonchev–Trinajstić information content (AvgIpc) is 2.97. The number of amidine groups is 1. The van der Waals surface area contributed by atoms with Crippen molar-refractivity contribution in [3.63, 3.8) is 0 Å². The van der Waals surface area contributed by atoms with Gasteiger partial charge >= 0.3 is 0 Å². The maximum Gasteiger partial charge on any atom is 0.186 e. The van der Waals surface area contributed by atoms with E-state index >= 15 is 0 Å². The van der Waals surface area contributed by atoms with E-state index in [0.29, 0.717) is 18.3 Å². The highest BCUT2D eigenvalue weighted by atomic mass is 16.4. The van der Waals surface area contributed by atoms with E-state index in [4.69, 9.17) is 10.9 Å². The number of nitrogens with zero attached hydrogens (tertiary/aromatic N) is 4. The van der Waals surface area contributed by atoms with E-state index in [9.17, 15) is 0 Å². The third-order valence-electron chi connectivity index (χ3n) is 2.72. The Balaban J connectivity index is 2.21. The Morgan fingerprint density at radius 2 is 2.22 bits per heavy atom. The molecule has 0 aliphatic carbocycles. The van der Waals surface area contributed by atoms with Crippen molar-refractivity contribution in [2.75, 3.05) is 0 Å². The average molecular weight is 247 g/mol. The van der Waals surface area contributed by atoms with Gasteiger partial charge in [0.05, 0.1) is 17.9 Å². The zero-order valence-corrected chi connectivity index (χ0v) is 10.5. The van der Waals surface area contributed by atoms with E-state index in [2.05, 4.69) is 24.1 Å². The minimum absolute atomic E-state index is 0.100. The molecule has 0 aliphatic heterocycles. The Bertz CT molecular complexity index is 552. The van der Waals surface area contributed by atoms with Crippen LogP contribution in [0.15, 0.2) is 35.7 Å². The molecule has 3 N–H and O–H groups in total. The summed E-state index contributed by atoms with van der Waals surface area (Å²) in [6, 6.07) is 5.96. The summed E-state index contributed by atoms with van der Waals surface area (Å²) in [7, 11) is 0. The van der Waals surface area contributed by atoms with Crippen LogP contribution < -0.4 is 5.73 Å². The van der Waals surface area contributed by atoms with Gasteiger partial charge in [0.15, 0.2) is 5.84 Å². The van der Waals surface area contributed by atoms with Crippen LogP contribution in [0.1, 0.15) is 31.3 Å². The van der Waals surface area contributed by atoms with Crippen molar-refractivity contribution in [3.05, 3.63) is 42.0 Å². The fraction of sp³-hybridized carbons (Fsp3) is 0.333. The van der Waals surface area contributed by atoms with Crippen molar-refractivity contribution < 1.29 is 5.21 Å². The topological polar surface area (TPSA) is 81.4 Å². The maximum absolute atomic E-state index is 8.70. The number of aromatic nitrogens is 3. The molecule has 2 heterocycles. The standard InChI is InChI=1S/C12H17N5O/c1-9(2)17-7-5-10(14-17)8-16-6-3-4-11(16)12(13)15-18/h3-7,9,18H,8H2,1-2H3,(H2,13,15). The largest absolute Gasteiger partial charge is 0.409 e. The summed E-state index contributed by atoms with van der Waals surface area (Å²) < 4.78 is 3.80. The molecule has 0 bridgehead atoms. The lowest BCUT2D eigenvalue weighted by molar-refractivity contribution is 0.318. The van der Waals surface area contributed by atoms with E-state index in [1.54, 1.807) is 6.07 Å². The molecule has 0 saturated heterocycles. The number of hydrogen-bond acceptors (Lipinski definition) is 3. The van der Waals surface area contributed by atoms with Gasteiger partial charge in [0.25, 0.3) is 0 Å². The third-order valence-corrected chi connectivity index (χ3v) is 2.72. The van der Waals surface area contributed by atoms with Gasteiger partial charge in [-0.05, 0) is 32.0 Å². The summed E-state index contributed by atoms with van der Waals surface area (Å²) in [5.74, 6) is 0.100. The first kappa shape index (κ1) is 12.2. The molecule has 0 aliphatic rings. The molecular weight excluding hydrogens is 230 g/mol. The molecule has 2 rings (SSSR count). The predicted molar refractivity (Wildman–Crippen MR) is 68.7 cm³/mol. The molecule has 0 aromatic carbocycles. The smallest absolute Gasteiger partial charge is 0.186 e. The van der Waals surface area contributed by atoms with Gasteiger partial charge in [-0.3, -0.25) is 4.68 Å². The van der Waals surface area contributed by atoms with Crippen LogP contribution in [0.3, 0.4) is 0 Å².